The van der Waals surface area contributed by atoms with Crippen LogP contribution in [0.15, 0.2) is 12.1 Å². The molecule has 15 heavy (non-hydrogen) atoms. The van der Waals surface area contributed by atoms with Gasteiger partial charge in [0.2, 0.25) is 0 Å². The van der Waals surface area contributed by atoms with E-state index in [-0.39, 0.29) is 6.61 Å². The van der Waals surface area contributed by atoms with Crippen LogP contribution in [0.4, 0.5) is 5.69 Å². The Bertz CT molecular complexity index is 330. The second kappa shape index (κ2) is 4.11. The summed E-state index contributed by atoms with van der Waals surface area (Å²) >= 11 is 0. The summed E-state index contributed by atoms with van der Waals surface area (Å²) in [7, 11) is 0. The first-order chi connectivity index (χ1) is 6.79. The largest absolute Gasteiger partial charge is 0.491 e. The molecule has 0 aliphatic heterocycles. The van der Waals surface area contributed by atoms with E-state index in [0.29, 0.717) is 0 Å². The molecule has 0 aliphatic rings. The molecule has 3 N–H and O–H groups in total. The molecule has 0 radical (unpaired) electrons. The maximum atomic E-state index is 9.52. The van der Waals surface area contributed by atoms with Gasteiger partial charge in [-0.1, -0.05) is 0 Å². The lowest BCUT2D eigenvalue weighted by atomic mass is 10.1. The minimum absolute atomic E-state index is 0.274. The monoisotopic (exact) mass is 209 g/mol. The van der Waals surface area contributed by atoms with Gasteiger partial charge in [0.1, 0.15) is 12.4 Å². The number of anilines is 1. The van der Waals surface area contributed by atoms with Crippen molar-refractivity contribution in [1.82, 2.24) is 0 Å². The Hall–Kier alpha value is -1.22. The topological polar surface area (TPSA) is 55.5 Å². The summed E-state index contributed by atoms with van der Waals surface area (Å²) in [6.45, 7) is 7.59. The maximum absolute atomic E-state index is 9.52. The van der Waals surface area contributed by atoms with Crippen molar-refractivity contribution in [3.05, 3.63) is 23.3 Å². The van der Waals surface area contributed by atoms with E-state index in [1.807, 2.05) is 26.0 Å². The molecular weight excluding hydrogens is 190 g/mol. The van der Waals surface area contributed by atoms with E-state index in [4.69, 9.17) is 10.5 Å². The predicted molar refractivity (Wildman–Crippen MR) is 62.1 cm³/mol. The predicted octanol–water partition coefficient (Wildman–Crippen LogP) is 2.04. The van der Waals surface area contributed by atoms with Crippen LogP contribution < -0.4 is 10.5 Å². The third-order valence-corrected chi connectivity index (χ3v) is 2.16. The van der Waals surface area contributed by atoms with Gasteiger partial charge < -0.3 is 15.6 Å². The van der Waals surface area contributed by atoms with Gasteiger partial charge in [-0.05, 0) is 51.0 Å². The fourth-order valence-electron chi connectivity index (χ4n) is 1.28. The number of benzene rings is 1. The average Bonchev–Trinajstić information content (AvgIpc) is 2.09. The number of nitrogens with two attached hydrogens (primary N) is 1. The molecule has 84 valence electrons. The molecule has 0 fully saturated rings. The molecule has 1 rings (SSSR count). The summed E-state index contributed by atoms with van der Waals surface area (Å²) in [6, 6.07) is 3.77. The van der Waals surface area contributed by atoms with Gasteiger partial charge in [-0.15, -0.1) is 0 Å². The second-order valence-corrected chi connectivity index (χ2v) is 4.57. The molecule has 0 unspecified atom stereocenters. The number of ether oxygens (including phenoxy) is 1. The summed E-state index contributed by atoms with van der Waals surface area (Å²) in [5.41, 5.74) is 7.81. The third-order valence-electron chi connectivity index (χ3n) is 2.16. The fourth-order valence-corrected chi connectivity index (χ4v) is 1.28. The number of hydrogen-bond donors (Lipinski definition) is 2. The van der Waals surface area contributed by atoms with Crippen LogP contribution in [0.1, 0.15) is 25.0 Å². The number of rotatable bonds is 3. The summed E-state index contributed by atoms with van der Waals surface area (Å²) in [4.78, 5) is 0. The van der Waals surface area contributed by atoms with E-state index < -0.39 is 5.60 Å². The first kappa shape index (κ1) is 11.9. The minimum atomic E-state index is -0.816. The van der Waals surface area contributed by atoms with Crippen LogP contribution in [0.2, 0.25) is 0 Å². The first-order valence-electron chi connectivity index (χ1n) is 5.01. The van der Waals surface area contributed by atoms with Crippen molar-refractivity contribution < 1.29 is 9.84 Å². The molecule has 0 spiro atoms. The van der Waals surface area contributed by atoms with Gasteiger partial charge >= 0.3 is 0 Å². The number of aryl methyl sites for hydroxylation is 2. The Morgan fingerprint density at radius 1 is 1.27 bits per heavy atom. The molecule has 0 saturated carbocycles. The van der Waals surface area contributed by atoms with Crippen molar-refractivity contribution in [2.45, 2.75) is 33.3 Å². The summed E-state index contributed by atoms with van der Waals surface area (Å²) in [6.07, 6.45) is 0. The van der Waals surface area contributed by atoms with Crippen LogP contribution >= 0.6 is 0 Å². The number of aliphatic hydroxyl groups is 1. The molecule has 3 nitrogen and oxygen atoms in total. The smallest absolute Gasteiger partial charge is 0.120 e. The Labute approximate surface area is 90.9 Å². The molecule has 0 bridgehead atoms. The molecule has 3 heteroatoms. The molecule has 0 heterocycles. The van der Waals surface area contributed by atoms with E-state index >= 15 is 0 Å². The van der Waals surface area contributed by atoms with E-state index in [2.05, 4.69) is 0 Å². The Balaban J connectivity index is 2.80. The highest BCUT2D eigenvalue weighted by Gasteiger charge is 2.13. The first-order valence-corrected chi connectivity index (χ1v) is 5.01. The average molecular weight is 209 g/mol. The standard InChI is InChI=1S/C12H19NO2/c1-8-5-10(6-9(2)11(8)13)15-7-12(3,4)14/h5-6,14H,7,13H2,1-4H3. The molecule has 0 saturated heterocycles. The number of nitrogen functional groups attached to an aromatic ring is 1. The van der Waals surface area contributed by atoms with E-state index in [1.54, 1.807) is 13.8 Å². The van der Waals surface area contributed by atoms with Gasteiger partial charge in [0.15, 0.2) is 0 Å². The van der Waals surface area contributed by atoms with Crippen LogP contribution in [0.5, 0.6) is 5.75 Å². The zero-order valence-electron chi connectivity index (χ0n) is 9.79. The van der Waals surface area contributed by atoms with Crippen LogP contribution in [-0.2, 0) is 0 Å². The van der Waals surface area contributed by atoms with Crippen molar-refractivity contribution in [3.63, 3.8) is 0 Å². The van der Waals surface area contributed by atoms with E-state index in [9.17, 15) is 5.11 Å². The Kier molecular flexibility index (Phi) is 3.25. The Morgan fingerprint density at radius 3 is 2.13 bits per heavy atom. The summed E-state index contributed by atoms with van der Waals surface area (Å²) in [5, 5.41) is 9.52. The van der Waals surface area contributed by atoms with Gasteiger partial charge in [-0.3, -0.25) is 0 Å². The van der Waals surface area contributed by atoms with Crippen molar-refractivity contribution in [1.29, 1.82) is 0 Å². The zero-order chi connectivity index (χ0) is 11.6. The van der Waals surface area contributed by atoms with E-state index in [1.165, 1.54) is 0 Å². The maximum Gasteiger partial charge on any atom is 0.120 e. The lowest BCUT2D eigenvalue weighted by Gasteiger charge is -2.18. The Morgan fingerprint density at radius 2 is 1.73 bits per heavy atom. The van der Waals surface area contributed by atoms with Gasteiger partial charge in [0, 0.05) is 5.69 Å². The van der Waals surface area contributed by atoms with Crippen molar-refractivity contribution in [2.24, 2.45) is 0 Å². The molecule has 1 aromatic carbocycles. The SMILES string of the molecule is Cc1cc(OCC(C)(C)O)cc(C)c1N. The molecule has 0 aromatic heterocycles. The molecule has 0 aliphatic carbocycles. The highest BCUT2D eigenvalue weighted by Crippen LogP contribution is 2.24. The molecular formula is C12H19NO2. The van der Waals surface area contributed by atoms with E-state index in [0.717, 1.165) is 22.6 Å². The summed E-state index contributed by atoms with van der Waals surface area (Å²) < 4.78 is 5.48. The second-order valence-electron chi connectivity index (χ2n) is 4.57. The number of hydrogen-bond acceptors (Lipinski definition) is 3. The van der Waals surface area contributed by atoms with Gasteiger partial charge in [-0.25, -0.2) is 0 Å². The molecule has 0 amide bonds. The van der Waals surface area contributed by atoms with Crippen molar-refractivity contribution in [3.8, 4) is 5.75 Å². The lowest BCUT2D eigenvalue weighted by Crippen LogP contribution is -2.27. The van der Waals surface area contributed by atoms with Crippen molar-refractivity contribution >= 4 is 5.69 Å². The van der Waals surface area contributed by atoms with Crippen LogP contribution in [0.25, 0.3) is 0 Å². The quantitative estimate of drug-likeness (QED) is 0.749. The van der Waals surface area contributed by atoms with Crippen LogP contribution in [-0.4, -0.2) is 17.3 Å². The summed E-state index contributed by atoms with van der Waals surface area (Å²) in [5.74, 6) is 0.751. The minimum Gasteiger partial charge on any atom is -0.491 e. The third kappa shape index (κ3) is 3.44. The molecule has 1 aromatic rings. The highest BCUT2D eigenvalue weighted by atomic mass is 16.5. The van der Waals surface area contributed by atoms with Crippen LogP contribution in [0.3, 0.4) is 0 Å². The van der Waals surface area contributed by atoms with Crippen LogP contribution in [0, 0.1) is 13.8 Å². The normalized spacial score (nSPS) is 11.5. The molecule has 0 atom stereocenters. The van der Waals surface area contributed by atoms with Crippen molar-refractivity contribution in [2.75, 3.05) is 12.3 Å². The highest BCUT2D eigenvalue weighted by molar-refractivity contribution is 5.56. The lowest BCUT2D eigenvalue weighted by molar-refractivity contribution is 0.0284. The zero-order valence-corrected chi connectivity index (χ0v) is 9.79. The fraction of sp³-hybridized carbons (Fsp3) is 0.500. The van der Waals surface area contributed by atoms with Gasteiger partial charge in [0.25, 0.3) is 0 Å². The van der Waals surface area contributed by atoms with Gasteiger partial charge in [-0.2, -0.15) is 0 Å². The van der Waals surface area contributed by atoms with Gasteiger partial charge in [0.05, 0.1) is 5.60 Å².